The van der Waals surface area contributed by atoms with Crippen molar-refractivity contribution in [2.24, 2.45) is 0 Å². The van der Waals surface area contributed by atoms with Crippen LogP contribution in [0.1, 0.15) is 439 Å². The first-order chi connectivity index (χ1) is 43.1. The van der Waals surface area contributed by atoms with Gasteiger partial charge in [0.1, 0.15) is 26.4 Å². The molecule has 0 N–H and O–H groups in total. The van der Waals surface area contributed by atoms with Gasteiger partial charge in [0.2, 0.25) is 0 Å². The molecule has 530 valence electrons. The number of hydrogen-bond donors (Lipinski definition) is 0. The van der Waals surface area contributed by atoms with E-state index in [0.29, 0.717) is 26.4 Å². The number of hydrogen-bond acceptors (Lipinski definition) is 12. The van der Waals surface area contributed by atoms with Gasteiger partial charge >= 0.3 is 54.1 Å². The second kappa shape index (κ2) is 95.2. The molecule has 0 heterocycles. The Bertz CT molecular complexity index is 1140. The molecule has 0 saturated carbocycles. The summed E-state index contributed by atoms with van der Waals surface area (Å²) in [4.78, 5) is 40.7. The van der Waals surface area contributed by atoms with Gasteiger partial charge in [-0.2, -0.15) is 0 Å². The van der Waals surface area contributed by atoms with Crippen LogP contribution in [0.3, 0.4) is 0 Å². The fraction of sp³-hybridized carbons (Fsp3) is 1.00. The van der Waals surface area contributed by atoms with E-state index >= 15 is 0 Å². The van der Waals surface area contributed by atoms with Crippen molar-refractivity contribution in [1.82, 2.24) is 0 Å². The maximum absolute atomic E-state index is 10.2. The van der Waals surface area contributed by atoms with Crippen LogP contribution < -0.4 is 19.6 Å². The molecule has 0 spiro atoms. The van der Waals surface area contributed by atoms with Crippen LogP contribution in [-0.2, 0) is 57.4 Å². The molecule has 0 aliphatic carbocycles. The van der Waals surface area contributed by atoms with Gasteiger partial charge in [-0.05, 0) is 43.9 Å². The van der Waals surface area contributed by atoms with Crippen molar-refractivity contribution in [2.75, 3.05) is 26.4 Å². The van der Waals surface area contributed by atoms with E-state index in [1.165, 1.54) is 360 Å². The molecule has 0 aromatic rings. The van der Waals surface area contributed by atoms with Crippen LogP contribution in [0.15, 0.2) is 0 Å². The van der Waals surface area contributed by atoms with E-state index in [2.05, 4.69) is 45.8 Å². The van der Waals surface area contributed by atoms with E-state index < -0.39 is 33.0 Å². The van der Waals surface area contributed by atoms with Crippen molar-refractivity contribution in [3.8, 4) is 0 Å². The fourth-order valence-corrected chi connectivity index (χ4v) is 12.3. The Balaban J connectivity index is -0.000000351. The van der Waals surface area contributed by atoms with Crippen LogP contribution in [0.5, 0.6) is 0 Å². The molecule has 0 fully saturated rings. The third-order valence-electron chi connectivity index (χ3n) is 16.8. The van der Waals surface area contributed by atoms with E-state index in [4.69, 9.17) is 0 Å². The van der Waals surface area contributed by atoms with Crippen LogP contribution in [-0.4, -0.2) is 26.4 Å². The van der Waals surface area contributed by atoms with Crippen molar-refractivity contribution < 1.29 is 77.0 Å². The minimum absolute atomic E-state index is 0. The Kier molecular flexibility index (Phi) is 105. The minimum Gasteiger partial charge on any atom is -0.566 e. The topological polar surface area (TPSA) is 197 Å². The Labute approximate surface area is 571 Å². The van der Waals surface area contributed by atoms with E-state index in [0.717, 1.165) is 51.4 Å². The zero-order valence-corrected chi connectivity index (χ0v) is 64.8. The zero-order valence-electron chi connectivity index (χ0n) is 59.2. The molecular formula is C72H148MoO12P4+4. The summed E-state index contributed by atoms with van der Waals surface area (Å²) in [6.45, 7) is 10.5. The first kappa shape index (κ1) is 98.4. The predicted molar refractivity (Wildman–Crippen MR) is 372 cm³/mol. The van der Waals surface area contributed by atoms with E-state index in [1.807, 2.05) is 0 Å². The molecule has 4 unspecified atom stereocenters. The molecule has 12 nitrogen and oxygen atoms in total. The van der Waals surface area contributed by atoms with Crippen molar-refractivity contribution in [2.45, 2.75) is 439 Å². The van der Waals surface area contributed by atoms with Gasteiger partial charge in [-0.3, -0.25) is 0 Å². The molecule has 0 bridgehead atoms. The summed E-state index contributed by atoms with van der Waals surface area (Å²) in [5.41, 5.74) is 0. The normalized spacial score (nSPS) is 11.7. The van der Waals surface area contributed by atoms with Gasteiger partial charge < -0.3 is 19.6 Å². The predicted octanol–water partition coefficient (Wildman–Crippen LogP) is 25.1. The molecule has 89 heavy (non-hydrogen) atoms. The molecule has 0 saturated heterocycles. The average Bonchev–Trinajstić information content (AvgIpc) is 3.50. The molecule has 17 heteroatoms. The number of rotatable bonds is 72. The smallest absolute Gasteiger partial charge is 0.566 e. The Morgan fingerprint density at radius 2 is 0.247 bits per heavy atom. The van der Waals surface area contributed by atoms with Gasteiger partial charge in [-0.1, -0.05) is 413 Å². The van der Waals surface area contributed by atoms with Crippen LogP contribution in [0.4, 0.5) is 0 Å². The second-order valence-corrected chi connectivity index (χ2v) is 28.3. The van der Waals surface area contributed by atoms with Crippen LogP contribution in [0.25, 0.3) is 0 Å². The summed E-state index contributed by atoms with van der Waals surface area (Å²) >= 11 is 0. The van der Waals surface area contributed by atoms with Gasteiger partial charge in [-0.15, -0.1) is 18.1 Å². The third kappa shape index (κ3) is 113. The zero-order chi connectivity index (χ0) is 65.2. The van der Waals surface area contributed by atoms with Gasteiger partial charge in [0.05, 0.1) is 0 Å². The molecule has 0 amide bonds. The van der Waals surface area contributed by atoms with Gasteiger partial charge in [-0.25, -0.2) is 0 Å². The maximum Gasteiger partial charge on any atom is 4.00 e. The minimum atomic E-state index is -2.64. The Morgan fingerprint density at radius 3 is 0.326 bits per heavy atom. The largest absolute Gasteiger partial charge is 4.00 e. The summed E-state index contributed by atoms with van der Waals surface area (Å²) in [7, 11) is -10.6. The van der Waals surface area contributed by atoms with Gasteiger partial charge in [0.25, 0.3) is 0 Å². The molecule has 0 aromatic heterocycles. The SMILES string of the molecule is CCCCCCCCCCCCCCCCCCO[P+](=O)[O-].CCCCCCCCCCCCCCCCCCO[P+](=O)[O-].CCCCCCCCCCCCCCCCCCO[P+](=O)[O-].CCCCCCCCCCCCCCCCCCO[P+](=O)[O-].[Mo+4]. The van der Waals surface area contributed by atoms with Crippen molar-refractivity contribution in [3.63, 3.8) is 0 Å². The molecule has 4 atom stereocenters. The van der Waals surface area contributed by atoms with Crippen molar-refractivity contribution in [1.29, 1.82) is 0 Å². The molecule has 0 aromatic carbocycles. The summed E-state index contributed by atoms with van der Waals surface area (Å²) in [5.74, 6) is 0. The molecule has 0 radical (unpaired) electrons. The monoisotopic (exact) mass is 1430 g/mol. The number of unbranched alkanes of at least 4 members (excludes halogenated alkanes) is 60. The summed E-state index contributed by atoms with van der Waals surface area (Å²) < 4.78 is 58.8. The first-order valence-electron chi connectivity index (χ1n) is 38.2. The summed E-state index contributed by atoms with van der Waals surface area (Å²) in [6, 6.07) is 0. The standard InChI is InChI=1S/4C18H37O3P.Mo/c4*1-2-3-4-5-6-7-8-9-10-11-12-13-14-15-16-17-18-21-22(19)20;/h4*2-18H2,1H3;/q;;;;+4. The van der Waals surface area contributed by atoms with Gasteiger partial charge in [0.15, 0.2) is 0 Å². The van der Waals surface area contributed by atoms with Crippen LogP contribution in [0.2, 0.25) is 0 Å². The second-order valence-electron chi connectivity index (χ2n) is 25.4. The average molecular weight is 1430 g/mol. The Morgan fingerprint density at radius 1 is 0.169 bits per heavy atom. The third-order valence-corrected chi connectivity index (χ3v) is 18.4. The first-order valence-corrected chi connectivity index (χ1v) is 42.6. The quantitative estimate of drug-likeness (QED) is 0.0318. The van der Waals surface area contributed by atoms with E-state index in [1.54, 1.807) is 0 Å². The summed E-state index contributed by atoms with van der Waals surface area (Å²) in [6.07, 6.45) is 84.9. The van der Waals surface area contributed by atoms with Gasteiger partial charge in [0, 0.05) is 0 Å². The summed E-state index contributed by atoms with van der Waals surface area (Å²) in [5, 5.41) is 0. The van der Waals surface area contributed by atoms with Crippen molar-refractivity contribution in [3.05, 3.63) is 0 Å². The fourth-order valence-electron chi connectivity index (χ4n) is 11.2. The van der Waals surface area contributed by atoms with Crippen LogP contribution >= 0.6 is 33.0 Å². The maximum atomic E-state index is 10.2. The molecular weight excluding hydrogens is 1280 g/mol. The van der Waals surface area contributed by atoms with E-state index in [9.17, 15) is 37.8 Å². The van der Waals surface area contributed by atoms with Crippen LogP contribution in [0, 0.1) is 0 Å². The van der Waals surface area contributed by atoms with Crippen molar-refractivity contribution >= 4 is 33.0 Å². The molecule has 0 aliphatic heterocycles. The van der Waals surface area contributed by atoms with E-state index in [-0.39, 0.29) is 21.1 Å². The Hall–Kier alpha value is 0.768. The molecule has 0 aliphatic rings. The molecule has 0 rings (SSSR count).